The summed E-state index contributed by atoms with van der Waals surface area (Å²) in [5.41, 5.74) is 0. The maximum absolute atomic E-state index is 4.54. The molecule has 0 aliphatic heterocycles. The first kappa shape index (κ1) is 17.7. The minimum absolute atomic E-state index is 0.421. The van der Waals surface area contributed by atoms with Crippen molar-refractivity contribution in [1.29, 1.82) is 0 Å². The van der Waals surface area contributed by atoms with Crippen molar-refractivity contribution in [3.8, 4) is 0 Å². The lowest BCUT2D eigenvalue weighted by atomic mass is 10.1. The van der Waals surface area contributed by atoms with Gasteiger partial charge in [-0.05, 0) is 39.4 Å². The highest BCUT2D eigenvalue weighted by molar-refractivity contribution is 5.47. The number of aromatic nitrogens is 2. The maximum atomic E-state index is 4.54. The number of aryl methyl sites for hydroxylation is 1. The van der Waals surface area contributed by atoms with Crippen LogP contribution >= 0.6 is 0 Å². The Bertz CT molecular complexity index is 381. The smallest absolute Gasteiger partial charge is 0.132 e. The zero-order valence-electron chi connectivity index (χ0n) is 14.2. The molecule has 0 spiro atoms. The van der Waals surface area contributed by atoms with E-state index in [4.69, 9.17) is 0 Å². The summed E-state index contributed by atoms with van der Waals surface area (Å²) in [5, 5.41) is 6.58. The van der Waals surface area contributed by atoms with E-state index in [-0.39, 0.29) is 0 Å². The fraction of sp³-hybridized carbons (Fsp3) is 0.750. The van der Waals surface area contributed by atoms with Crippen molar-refractivity contribution in [3.05, 3.63) is 11.9 Å². The van der Waals surface area contributed by atoms with Gasteiger partial charge >= 0.3 is 0 Å². The van der Waals surface area contributed by atoms with Gasteiger partial charge in [0.2, 0.25) is 0 Å². The van der Waals surface area contributed by atoms with Gasteiger partial charge in [-0.3, -0.25) is 0 Å². The molecule has 0 aromatic carbocycles. The number of rotatable bonds is 10. The Hall–Kier alpha value is -1.36. The van der Waals surface area contributed by atoms with Crippen LogP contribution in [0.2, 0.25) is 0 Å². The van der Waals surface area contributed by atoms with Crippen LogP contribution in [0, 0.1) is 0 Å². The SMILES string of the molecule is CCc1nc(NC)cc(NC(C)CCCN(CC)CC)n1. The predicted octanol–water partition coefficient (Wildman–Crippen LogP) is 3.00. The second-order valence-electron chi connectivity index (χ2n) is 5.37. The standard InChI is InChI=1S/C16H31N5/c1-6-14-19-15(17-5)12-16(20-14)18-13(4)10-9-11-21(7-2)8-3/h12-13H,6-11H2,1-5H3,(H2,17,18,19,20). The van der Waals surface area contributed by atoms with Crippen LogP contribution in [0.15, 0.2) is 6.07 Å². The molecule has 0 bridgehead atoms. The van der Waals surface area contributed by atoms with Gasteiger partial charge in [-0.25, -0.2) is 9.97 Å². The lowest BCUT2D eigenvalue weighted by Crippen LogP contribution is -2.25. The lowest BCUT2D eigenvalue weighted by molar-refractivity contribution is 0.295. The summed E-state index contributed by atoms with van der Waals surface area (Å²) in [6.45, 7) is 12.2. The average molecular weight is 293 g/mol. The van der Waals surface area contributed by atoms with Crippen LogP contribution in [0.3, 0.4) is 0 Å². The molecule has 2 N–H and O–H groups in total. The molecule has 0 radical (unpaired) electrons. The number of anilines is 2. The number of hydrogen-bond acceptors (Lipinski definition) is 5. The lowest BCUT2D eigenvalue weighted by Gasteiger charge is -2.20. The zero-order chi connectivity index (χ0) is 15.7. The summed E-state index contributed by atoms with van der Waals surface area (Å²) in [6, 6.07) is 2.39. The normalized spacial score (nSPS) is 12.5. The molecule has 1 rings (SSSR count). The largest absolute Gasteiger partial charge is 0.373 e. The fourth-order valence-corrected chi connectivity index (χ4v) is 2.34. The van der Waals surface area contributed by atoms with Gasteiger partial charge in [-0.1, -0.05) is 20.8 Å². The third kappa shape index (κ3) is 6.29. The molecule has 1 aromatic rings. The zero-order valence-corrected chi connectivity index (χ0v) is 14.2. The van der Waals surface area contributed by atoms with Gasteiger partial charge in [0, 0.05) is 25.6 Å². The molecule has 5 heteroatoms. The van der Waals surface area contributed by atoms with Gasteiger partial charge < -0.3 is 15.5 Å². The highest BCUT2D eigenvalue weighted by Crippen LogP contribution is 2.13. The molecule has 0 aliphatic rings. The predicted molar refractivity (Wildman–Crippen MR) is 91.1 cm³/mol. The third-order valence-electron chi connectivity index (χ3n) is 3.75. The van der Waals surface area contributed by atoms with E-state index in [1.165, 1.54) is 13.0 Å². The quantitative estimate of drug-likeness (QED) is 0.694. The summed E-state index contributed by atoms with van der Waals surface area (Å²) >= 11 is 0. The highest BCUT2D eigenvalue weighted by Gasteiger charge is 2.07. The second kappa shape index (κ2) is 9.55. The summed E-state index contributed by atoms with van der Waals surface area (Å²) in [4.78, 5) is 11.4. The van der Waals surface area contributed by atoms with Crippen molar-refractivity contribution in [2.75, 3.05) is 37.3 Å². The van der Waals surface area contributed by atoms with Crippen molar-refractivity contribution in [2.45, 2.75) is 53.0 Å². The second-order valence-corrected chi connectivity index (χ2v) is 5.37. The molecule has 1 unspecified atom stereocenters. The van der Waals surface area contributed by atoms with Crippen molar-refractivity contribution in [3.63, 3.8) is 0 Å². The monoisotopic (exact) mass is 293 g/mol. The number of nitrogens with one attached hydrogen (secondary N) is 2. The Kier molecular flexibility index (Phi) is 8.05. The van der Waals surface area contributed by atoms with Gasteiger partial charge in [0.15, 0.2) is 0 Å². The molecule has 5 nitrogen and oxygen atoms in total. The fourth-order valence-electron chi connectivity index (χ4n) is 2.34. The Labute approximate surface area is 129 Å². The van der Waals surface area contributed by atoms with Crippen LogP contribution in [0.4, 0.5) is 11.6 Å². The molecular formula is C16H31N5. The Morgan fingerprint density at radius 1 is 1.14 bits per heavy atom. The van der Waals surface area contributed by atoms with E-state index in [0.717, 1.165) is 43.4 Å². The van der Waals surface area contributed by atoms with Crippen molar-refractivity contribution in [1.82, 2.24) is 14.9 Å². The van der Waals surface area contributed by atoms with E-state index < -0.39 is 0 Å². The molecule has 0 amide bonds. The van der Waals surface area contributed by atoms with E-state index in [0.29, 0.717) is 6.04 Å². The van der Waals surface area contributed by atoms with Crippen LogP contribution < -0.4 is 10.6 Å². The van der Waals surface area contributed by atoms with Gasteiger partial charge in [-0.2, -0.15) is 0 Å². The van der Waals surface area contributed by atoms with Gasteiger partial charge in [-0.15, -0.1) is 0 Å². The summed E-state index contributed by atoms with van der Waals surface area (Å²) in [7, 11) is 1.89. The van der Waals surface area contributed by atoms with Crippen LogP contribution in [-0.2, 0) is 6.42 Å². The van der Waals surface area contributed by atoms with E-state index >= 15 is 0 Å². The molecule has 21 heavy (non-hydrogen) atoms. The Morgan fingerprint density at radius 3 is 2.38 bits per heavy atom. The molecule has 0 aliphatic carbocycles. The van der Waals surface area contributed by atoms with Crippen molar-refractivity contribution in [2.24, 2.45) is 0 Å². The van der Waals surface area contributed by atoms with Gasteiger partial charge in [0.25, 0.3) is 0 Å². The van der Waals surface area contributed by atoms with E-state index in [1.54, 1.807) is 0 Å². The molecule has 0 saturated heterocycles. The van der Waals surface area contributed by atoms with E-state index in [2.05, 4.69) is 53.2 Å². The number of nitrogens with zero attached hydrogens (tertiary/aromatic N) is 3. The highest BCUT2D eigenvalue weighted by atomic mass is 15.1. The first-order valence-corrected chi connectivity index (χ1v) is 8.17. The van der Waals surface area contributed by atoms with Crippen molar-refractivity contribution < 1.29 is 0 Å². The molecular weight excluding hydrogens is 262 g/mol. The third-order valence-corrected chi connectivity index (χ3v) is 3.75. The molecule has 0 saturated carbocycles. The van der Waals surface area contributed by atoms with Crippen molar-refractivity contribution >= 4 is 11.6 Å². The summed E-state index contributed by atoms with van der Waals surface area (Å²) < 4.78 is 0. The van der Waals surface area contributed by atoms with Crippen LogP contribution in [0.5, 0.6) is 0 Å². The Balaban J connectivity index is 2.48. The first-order valence-electron chi connectivity index (χ1n) is 8.17. The minimum atomic E-state index is 0.421. The molecule has 1 atom stereocenters. The first-order chi connectivity index (χ1) is 10.1. The molecule has 1 heterocycles. The molecule has 1 aromatic heterocycles. The minimum Gasteiger partial charge on any atom is -0.373 e. The van der Waals surface area contributed by atoms with Crippen LogP contribution in [0.1, 0.15) is 46.4 Å². The number of hydrogen-bond donors (Lipinski definition) is 2. The maximum Gasteiger partial charge on any atom is 0.132 e. The average Bonchev–Trinajstić information content (AvgIpc) is 2.51. The van der Waals surface area contributed by atoms with Gasteiger partial charge in [0.1, 0.15) is 17.5 Å². The Morgan fingerprint density at radius 2 is 1.81 bits per heavy atom. The summed E-state index contributed by atoms with van der Waals surface area (Å²) in [5.74, 6) is 2.67. The summed E-state index contributed by atoms with van der Waals surface area (Å²) in [6.07, 6.45) is 3.21. The van der Waals surface area contributed by atoms with Crippen LogP contribution in [-0.4, -0.2) is 47.6 Å². The molecule has 120 valence electrons. The molecule has 0 fully saturated rings. The van der Waals surface area contributed by atoms with E-state index in [1.807, 2.05) is 13.1 Å². The van der Waals surface area contributed by atoms with Gasteiger partial charge in [0.05, 0.1) is 0 Å². The van der Waals surface area contributed by atoms with E-state index in [9.17, 15) is 0 Å². The topological polar surface area (TPSA) is 53.1 Å². The van der Waals surface area contributed by atoms with Crippen LogP contribution in [0.25, 0.3) is 0 Å².